The van der Waals surface area contributed by atoms with Gasteiger partial charge in [0, 0.05) is 17.1 Å². The zero-order chi connectivity index (χ0) is 8.39. The predicted molar refractivity (Wildman–Crippen MR) is 47.0 cm³/mol. The molecule has 0 aromatic carbocycles. The first kappa shape index (κ1) is 7.24. The van der Waals surface area contributed by atoms with Gasteiger partial charge >= 0.3 is 0 Å². The Bertz CT molecular complexity index is 372. The molecule has 0 atom stereocenters. The molecule has 0 saturated carbocycles. The van der Waals surface area contributed by atoms with E-state index in [-0.39, 0.29) is 5.75 Å². The van der Waals surface area contributed by atoms with Crippen LogP contribution in [0.15, 0.2) is 29.4 Å². The van der Waals surface area contributed by atoms with Crippen LogP contribution in [0, 0.1) is 0 Å². The van der Waals surface area contributed by atoms with Gasteiger partial charge < -0.3 is 5.11 Å². The van der Waals surface area contributed by atoms with E-state index in [2.05, 4.69) is 9.97 Å². The van der Waals surface area contributed by atoms with Gasteiger partial charge in [-0.25, -0.2) is 4.98 Å². The van der Waals surface area contributed by atoms with Crippen LogP contribution in [-0.2, 0) is 0 Å². The molecule has 3 nitrogen and oxygen atoms in total. The summed E-state index contributed by atoms with van der Waals surface area (Å²) in [6.45, 7) is 0. The first-order valence-electron chi connectivity index (χ1n) is 3.39. The summed E-state index contributed by atoms with van der Waals surface area (Å²) < 4.78 is 0. The summed E-state index contributed by atoms with van der Waals surface area (Å²) in [5.41, 5.74) is 3.44. The Balaban J connectivity index is 2.48. The highest BCUT2D eigenvalue weighted by molar-refractivity contribution is 7.07. The fourth-order valence-corrected chi connectivity index (χ4v) is 1.48. The van der Waals surface area contributed by atoms with E-state index >= 15 is 0 Å². The van der Waals surface area contributed by atoms with Crippen molar-refractivity contribution in [2.24, 2.45) is 0 Å². The minimum Gasteiger partial charge on any atom is -0.506 e. The molecule has 0 fully saturated rings. The summed E-state index contributed by atoms with van der Waals surface area (Å²) in [6.07, 6.45) is 3.07. The van der Waals surface area contributed by atoms with Crippen LogP contribution in [0.3, 0.4) is 0 Å². The van der Waals surface area contributed by atoms with Crippen molar-refractivity contribution in [2.45, 2.75) is 0 Å². The van der Waals surface area contributed by atoms with Gasteiger partial charge in [0.2, 0.25) is 0 Å². The highest BCUT2D eigenvalue weighted by atomic mass is 32.1. The molecule has 12 heavy (non-hydrogen) atoms. The lowest BCUT2D eigenvalue weighted by Crippen LogP contribution is -1.78. The molecule has 2 rings (SSSR count). The van der Waals surface area contributed by atoms with Gasteiger partial charge in [-0.15, -0.1) is 11.3 Å². The third-order valence-corrected chi connectivity index (χ3v) is 2.04. The number of thiazole rings is 1. The van der Waals surface area contributed by atoms with Crippen molar-refractivity contribution in [3.05, 3.63) is 29.4 Å². The van der Waals surface area contributed by atoms with Crippen LogP contribution in [0.25, 0.3) is 11.3 Å². The van der Waals surface area contributed by atoms with Crippen molar-refractivity contribution in [3.63, 3.8) is 0 Å². The second kappa shape index (κ2) is 2.91. The Morgan fingerprint density at radius 2 is 2.25 bits per heavy atom. The molecule has 0 aliphatic carbocycles. The molecular formula is C8H6N2OS. The number of nitrogens with zero attached hydrogens (tertiary/aromatic N) is 2. The molecule has 0 amide bonds. The third kappa shape index (κ3) is 1.29. The van der Waals surface area contributed by atoms with Gasteiger partial charge in [-0.05, 0) is 6.07 Å². The lowest BCUT2D eigenvalue weighted by molar-refractivity contribution is 0.473. The van der Waals surface area contributed by atoms with E-state index in [0.29, 0.717) is 0 Å². The van der Waals surface area contributed by atoms with Crippen LogP contribution in [0.2, 0.25) is 0 Å². The molecule has 0 unspecified atom stereocenters. The van der Waals surface area contributed by atoms with Gasteiger partial charge in [0.05, 0.1) is 17.4 Å². The zero-order valence-corrected chi connectivity index (χ0v) is 6.95. The largest absolute Gasteiger partial charge is 0.506 e. The van der Waals surface area contributed by atoms with Gasteiger partial charge in [-0.3, -0.25) is 4.98 Å². The van der Waals surface area contributed by atoms with Crippen molar-refractivity contribution in [3.8, 4) is 17.0 Å². The Hall–Kier alpha value is -1.42. The number of aromatic hydroxyl groups is 1. The molecule has 2 aromatic heterocycles. The summed E-state index contributed by atoms with van der Waals surface area (Å²) >= 11 is 1.52. The Morgan fingerprint density at radius 3 is 2.92 bits per heavy atom. The Kier molecular flexibility index (Phi) is 1.75. The number of hydrogen-bond acceptors (Lipinski definition) is 4. The second-order valence-electron chi connectivity index (χ2n) is 2.31. The molecule has 60 valence electrons. The van der Waals surface area contributed by atoms with E-state index in [4.69, 9.17) is 5.11 Å². The highest BCUT2D eigenvalue weighted by Crippen LogP contribution is 2.20. The first-order valence-corrected chi connectivity index (χ1v) is 4.33. The summed E-state index contributed by atoms with van der Waals surface area (Å²) in [6, 6.07) is 1.64. The Morgan fingerprint density at radius 1 is 1.33 bits per heavy atom. The Labute approximate surface area is 73.4 Å². The quantitative estimate of drug-likeness (QED) is 0.725. The molecule has 2 heterocycles. The van der Waals surface area contributed by atoms with E-state index in [9.17, 15) is 0 Å². The molecular weight excluding hydrogens is 172 g/mol. The van der Waals surface area contributed by atoms with E-state index in [1.54, 1.807) is 17.8 Å². The van der Waals surface area contributed by atoms with Gasteiger partial charge in [0.1, 0.15) is 5.75 Å². The normalized spacial score (nSPS) is 10.0. The molecule has 4 heteroatoms. The van der Waals surface area contributed by atoms with E-state index in [1.165, 1.54) is 17.5 Å². The molecule has 0 aliphatic rings. The molecule has 0 bridgehead atoms. The molecule has 1 N–H and O–H groups in total. The average Bonchev–Trinajstić information content (AvgIpc) is 2.56. The topological polar surface area (TPSA) is 46.0 Å². The molecule has 2 aromatic rings. The second-order valence-corrected chi connectivity index (χ2v) is 3.02. The summed E-state index contributed by atoms with van der Waals surface area (Å²) in [4.78, 5) is 7.95. The number of aromatic nitrogens is 2. The van der Waals surface area contributed by atoms with Crippen LogP contribution in [0.5, 0.6) is 5.75 Å². The van der Waals surface area contributed by atoms with Crippen LogP contribution >= 0.6 is 11.3 Å². The maximum atomic E-state index is 9.12. The smallest absolute Gasteiger partial charge is 0.134 e. The van der Waals surface area contributed by atoms with Crippen LogP contribution < -0.4 is 0 Å². The van der Waals surface area contributed by atoms with Gasteiger partial charge in [-0.1, -0.05) is 0 Å². The minimum absolute atomic E-state index is 0.167. The van der Waals surface area contributed by atoms with Crippen molar-refractivity contribution in [1.82, 2.24) is 9.97 Å². The van der Waals surface area contributed by atoms with Crippen LogP contribution in [0.4, 0.5) is 0 Å². The standard InChI is InChI=1S/C8H6N2OS/c11-7-1-6(2-9-3-7)8-4-12-5-10-8/h1-5,11H. The lowest BCUT2D eigenvalue weighted by atomic mass is 10.2. The monoisotopic (exact) mass is 178 g/mol. The molecule has 0 saturated heterocycles. The van der Waals surface area contributed by atoms with Gasteiger partial charge in [0.15, 0.2) is 0 Å². The van der Waals surface area contributed by atoms with Crippen LogP contribution in [-0.4, -0.2) is 15.1 Å². The summed E-state index contributed by atoms with van der Waals surface area (Å²) in [5.74, 6) is 0.167. The van der Waals surface area contributed by atoms with Crippen molar-refractivity contribution < 1.29 is 5.11 Å². The fourth-order valence-electron chi connectivity index (χ4n) is 0.923. The lowest BCUT2D eigenvalue weighted by Gasteiger charge is -1.95. The maximum absolute atomic E-state index is 9.12. The zero-order valence-electron chi connectivity index (χ0n) is 6.14. The fraction of sp³-hybridized carbons (Fsp3) is 0. The number of pyridine rings is 1. The SMILES string of the molecule is Oc1cncc(-c2cscn2)c1. The highest BCUT2D eigenvalue weighted by Gasteiger charge is 1.99. The number of rotatable bonds is 1. The van der Waals surface area contributed by atoms with Gasteiger partial charge in [0.25, 0.3) is 0 Å². The van der Waals surface area contributed by atoms with Crippen molar-refractivity contribution in [2.75, 3.05) is 0 Å². The minimum atomic E-state index is 0.167. The average molecular weight is 178 g/mol. The predicted octanol–water partition coefficient (Wildman–Crippen LogP) is 1.91. The van der Waals surface area contributed by atoms with Gasteiger partial charge in [-0.2, -0.15) is 0 Å². The van der Waals surface area contributed by atoms with E-state index < -0.39 is 0 Å². The first-order chi connectivity index (χ1) is 5.86. The molecule has 0 aliphatic heterocycles. The number of hydrogen-bond donors (Lipinski definition) is 1. The third-order valence-electron chi connectivity index (χ3n) is 1.45. The molecule has 0 spiro atoms. The van der Waals surface area contributed by atoms with E-state index in [1.807, 2.05) is 5.38 Å². The van der Waals surface area contributed by atoms with E-state index in [0.717, 1.165) is 11.3 Å². The van der Waals surface area contributed by atoms with Crippen molar-refractivity contribution in [1.29, 1.82) is 0 Å². The maximum Gasteiger partial charge on any atom is 0.134 e. The summed E-state index contributed by atoms with van der Waals surface area (Å²) in [7, 11) is 0. The molecule has 0 radical (unpaired) electrons. The summed E-state index contributed by atoms with van der Waals surface area (Å²) in [5, 5.41) is 11.0. The van der Waals surface area contributed by atoms with Crippen molar-refractivity contribution >= 4 is 11.3 Å². The van der Waals surface area contributed by atoms with Crippen LogP contribution in [0.1, 0.15) is 0 Å².